The second-order valence-electron chi connectivity index (χ2n) is 5.80. The van der Waals surface area contributed by atoms with Crippen molar-refractivity contribution < 1.29 is 14.7 Å². The molecule has 0 aromatic heterocycles. The van der Waals surface area contributed by atoms with Crippen LogP contribution in [0.15, 0.2) is 53.4 Å². The SMILES string of the molecule is O=C(O)CCSCc1cccc(NC(=O)C2Cc3ccccc3S2)c1. The van der Waals surface area contributed by atoms with Crippen LogP contribution in [0.1, 0.15) is 17.5 Å². The van der Waals surface area contributed by atoms with E-state index in [0.29, 0.717) is 5.75 Å². The monoisotopic (exact) mass is 373 g/mol. The molecule has 1 aliphatic rings. The van der Waals surface area contributed by atoms with Gasteiger partial charge in [-0.1, -0.05) is 30.3 Å². The van der Waals surface area contributed by atoms with Crippen LogP contribution in [0.25, 0.3) is 0 Å². The quantitative estimate of drug-likeness (QED) is 0.717. The van der Waals surface area contributed by atoms with Gasteiger partial charge >= 0.3 is 5.97 Å². The van der Waals surface area contributed by atoms with Gasteiger partial charge in [-0.3, -0.25) is 9.59 Å². The number of carbonyl (C=O) groups is 2. The Morgan fingerprint density at radius 3 is 2.84 bits per heavy atom. The molecule has 2 aromatic carbocycles. The number of rotatable bonds is 7. The molecule has 0 saturated carbocycles. The Bertz CT molecular complexity index is 754. The Morgan fingerprint density at radius 1 is 1.20 bits per heavy atom. The summed E-state index contributed by atoms with van der Waals surface area (Å²) in [5.74, 6) is 0.573. The molecule has 0 aliphatic carbocycles. The van der Waals surface area contributed by atoms with Crippen LogP contribution in [-0.2, 0) is 21.8 Å². The minimum absolute atomic E-state index is 0.0249. The van der Waals surface area contributed by atoms with Crippen molar-refractivity contribution in [2.75, 3.05) is 11.1 Å². The summed E-state index contributed by atoms with van der Waals surface area (Å²) in [5.41, 5.74) is 3.10. The molecule has 0 radical (unpaired) electrons. The van der Waals surface area contributed by atoms with Gasteiger partial charge in [0.2, 0.25) is 5.91 Å². The van der Waals surface area contributed by atoms with E-state index in [4.69, 9.17) is 5.11 Å². The average molecular weight is 373 g/mol. The number of aliphatic carboxylic acids is 1. The predicted octanol–water partition coefficient (Wildman–Crippen LogP) is 4.05. The summed E-state index contributed by atoms with van der Waals surface area (Å²) in [6.07, 6.45) is 0.929. The molecule has 130 valence electrons. The molecule has 0 saturated heterocycles. The third-order valence-electron chi connectivity index (χ3n) is 3.86. The van der Waals surface area contributed by atoms with Gasteiger partial charge in [0.1, 0.15) is 0 Å². The van der Waals surface area contributed by atoms with Crippen molar-refractivity contribution in [2.24, 2.45) is 0 Å². The highest BCUT2D eigenvalue weighted by Crippen LogP contribution is 2.37. The number of anilines is 1. The van der Waals surface area contributed by atoms with Gasteiger partial charge < -0.3 is 10.4 Å². The maximum absolute atomic E-state index is 12.5. The Morgan fingerprint density at radius 2 is 2.04 bits per heavy atom. The number of fused-ring (bicyclic) bond motifs is 1. The molecule has 1 amide bonds. The largest absolute Gasteiger partial charge is 0.481 e. The Labute approximate surface area is 155 Å². The van der Waals surface area contributed by atoms with Gasteiger partial charge in [-0.25, -0.2) is 0 Å². The van der Waals surface area contributed by atoms with Crippen LogP contribution in [0.3, 0.4) is 0 Å². The van der Waals surface area contributed by atoms with E-state index < -0.39 is 5.97 Å². The van der Waals surface area contributed by atoms with Gasteiger partial charge in [0.15, 0.2) is 0 Å². The fourth-order valence-corrected chi connectivity index (χ4v) is 4.71. The molecule has 25 heavy (non-hydrogen) atoms. The van der Waals surface area contributed by atoms with Crippen LogP contribution in [0, 0.1) is 0 Å². The lowest BCUT2D eigenvalue weighted by Gasteiger charge is -2.11. The number of hydrogen-bond donors (Lipinski definition) is 2. The van der Waals surface area contributed by atoms with Crippen LogP contribution < -0.4 is 5.32 Å². The number of carboxylic acids is 1. The minimum atomic E-state index is -0.774. The summed E-state index contributed by atoms with van der Waals surface area (Å²) in [6.45, 7) is 0. The zero-order valence-electron chi connectivity index (χ0n) is 13.6. The molecule has 2 aromatic rings. The fraction of sp³-hybridized carbons (Fsp3) is 0.263. The van der Waals surface area contributed by atoms with E-state index in [1.54, 1.807) is 23.5 Å². The molecular formula is C19H19NO3S2. The lowest BCUT2D eigenvalue weighted by molar-refractivity contribution is -0.136. The molecule has 1 unspecified atom stereocenters. The lowest BCUT2D eigenvalue weighted by atomic mass is 10.1. The van der Waals surface area contributed by atoms with Crippen LogP contribution in [-0.4, -0.2) is 28.0 Å². The molecule has 1 aliphatic heterocycles. The predicted molar refractivity (Wildman–Crippen MR) is 103 cm³/mol. The third kappa shape index (κ3) is 5.03. The van der Waals surface area contributed by atoms with E-state index in [1.165, 1.54) is 10.5 Å². The van der Waals surface area contributed by atoms with Crippen molar-refractivity contribution in [3.63, 3.8) is 0 Å². The second-order valence-corrected chi connectivity index (χ2v) is 8.15. The van der Waals surface area contributed by atoms with Gasteiger partial charge in [-0.15, -0.1) is 11.8 Å². The van der Waals surface area contributed by atoms with E-state index in [-0.39, 0.29) is 17.6 Å². The normalized spacial score (nSPS) is 15.6. The highest BCUT2D eigenvalue weighted by atomic mass is 32.2. The summed E-state index contributed by atoms with van der Waals surface area (Å²) >= 11 is 3.20. The zero-order chi connectivity index (χ0) is 17.6. The van der Waals surface area contributed by atoms with Gasteiger partial charge in [0, 0.05) is 22.1 Å². The first-order valence-corrected chi connectivity index (χ1v) is 10.1. The summed E-state index contributed by atoms with van der Waals surface area (Å²) < 4.78 is 0. The van der Waals surface area contributed by atoms with E-state index >= 15 is 0 Å². The van der Waals surface area contributed by atoms with E-state index in [0.717, 1.165) is 23.4 Å². The van der Waals surface area contributed by atoms with E-state index in [2.05, 4.69) is 17.4 Å². The van der Waals surface area contributed by atoms with Crippen molar-refractivity contribution in [1.82, 2.24) is 0 Å². The van der Waals surface area contributed by atoms with Crippen molar-refractivity contribution in [3.05, 3.63) is 59.7 Å². The first-order valence-electron chi connectivity index (χ1n) is 8.06. The topological polar surface area (TPSA) is 66.4 Å². The summed E-state index contributed by atoms with van der Waals surface area (Å²) in [4.78, 5) is 24.2. The summed E-state index contributed by atoms with van der Waals surface area (Å²) in [5, 5.41) is 11.6. The maximum atomic E-state index is 12.5. The zero-order valence-corrected chi connectivity index (χ0v) is 15.2. The molecule has 2 N–H and O–H groups in total. The molecule has 4 nitrogen and oxygen atoms in total. The molecule has 0 bridgehead atoms. The highest BCUT2D eigenvalue weighted by molar-refractivity contribution is 8.01. The van der Waals surface area contributed by atoms with Crippen molar-refractivity contribution in [2.45, 2.75) is 28.7 Å². The van der Waals surface area contributed by atoms with Crippen LogP contribution in [0.4, 0.5) is 5.69 Å². The number of benzene rings is 2. The molecule has 0 spiro atoms. The number of nitrogens with one attached hydrogen (secondary N) is 1. The first-order chi connectivity index (χ1) is 12.1. The highest BCUT2D eigenvalue weighted by Gasteiger charge is 2.27. The fourth-order valence-electron chi connectivity index (χ4n) is 2.64. The van der Waals surface area contributed by atoms with Crippen LogP contribution in [0.5, 0.6) is 0 Å². The number of amides is 1. The smallest absolute Gasteiger partial charge is 0.304 e. The number of carbonyl (C=O) groups excluding carboxylic acids is 1. The van der Waals surface area contributed by atoms with E-state index in [1.807, 2.05) is 36.4 Å². The molecule has 6 heteroatoms. The first kappa shape index (κ1) is 17.9. The Balaban J connectivity index is 1.54. The van der Waals surface area contributed by atoms with Gasteiger partial charge in [-0.05, 0) is 35.7 Å². The lowest BCUT2D eigenvalue weighted by Crippen LogP contribution is -2.24. The molecule has 1 atom stereocenters. The standard InChI is InChI=1S/C19H19NO3S2/c21-18(22)8-9-24-12-13-4-3-6-15(10-13)20-19(23)17-11-14-5-1-2-7-16(14)25-17/h1-7,10,17H,8-9,11-12H2,(H,20,23)(H,21,22). The molecule has 1 heterocycles. The molecule has 0 fully saturated rings. The van der Waals surface area contributed by atoms with Gasteiger partial charge in [-0.2, -0.15) is 11.8 Å². The van der Waals surface area contributed by atoms with Crippen molar-refractivity contribution >= 4 is 41.1 Å². The summed E-state index contributed by atoms with van der Waals surface area (Å²) in [6, 6.07) is 15.9. The Kier molecular flexibility index (Phi) is 6.04. The van der Waals surface area contributed by atoms with Crippen LogP contribution >= 0.6 is 23.5 Å². The van der Waals surface area contributed by atoms with Gasteiger partial charge in [0.25, 0.3) is 0 Å². The summed E-state index contributed by atoms with van der Waals surface area (Å²) in [7, 11) is 0. The molecule has 3 rings (SSSR count). The maximum Gasteiger partial charge on any atom is 0.304 e. The van der Waals surface area contributed by atoms with Crippen molar-refractivity contribution in [1.29, 1.82) is 0 Å². The minimum Gasteiger partial charge on any atom is -0.481 e. The van der Waals surface area contributed by atoms with Gasteiger partial charge in [0.05, 0.1) is 11.7 Å². The second kappa shape index (κ2) is 8.45. The number of hydrogen-bond acceptors (Lipinski definition) is 4. The number of carboxylic acid groups (broad SMARTS) is 1. The van der Waals surface area contributed by atoms with Crippen LogP contribution in [0.2, 0.25) is 0 Å². The van der Waals surface area contributed by atoms with E-state index in [9.17, 15) is 9.59 Å². The third-order valence-corrected chi connectivity index (χ3v) is 6.21. The van der Waals surface area contributed by atoms with Crippen molar-refractivity contribution in [3.8, 4) is 0 Å². The Hall–Kier alpha value is -1.92. The average Bonchev–Trinajstić information content (AvgIpc) is 3.03. The molecular weight excluding hydrogens is 354 g/mol. The number of thioether (sulfide) groups is 2.